The van der Waals surface area contributed by atoms with Gasteiger partial charge in [-0.25, -0.2) is 5.48 Å². The maximum Gasteiger partial charge on any atom is 0.155 e. The number of benzene rings is 3. The first kappa shape index (κ1) is 15.4. The van der Waals surface area contributed by atoms with E-state index in [9.17, 15) is 0 Å². The van der Waals surface area contributed by atoms with E-state index in [0.717, 1.165) is 17.0 Å². The van der Waals surface area contributed by atoms with Crippen LogP contribution in [0.1, 0.15) is 11.1 Å². The fourth-order valence-corrected chi connectivity index (χ4v) is 2.11. The van der Waals surface area contributed by atoms with Crippen molar-refractivity contribution in [3.05, 3.63) is 90.0 Å². The molecule has 118 valence electrons. The molecule has 4 heteroatoms. The zero-order valence-electron chi connectivity index (χ0n) is 13.0. The molecule has 3 rings (SSSR count). The smallest absolute Gasteiger partial charge is 0.155 e. The molecule has 0 saturated carbocycles. The molecule has 0 unspecified atom stereocenters. The molecule has 0 radical (unpaired) electrons. The summed E-state index contributed by atoms with van der Waals surface area (Å²) in [6.07, 6.45) is 0. The van der Waals surface area contributed by atoms with Crippen molar-refractivity contribution in [3.63, 3.8) is 0 Å². The number of hydrogen-bond acceptors (Lipinski definition) is 4. The van der Waals surface area contributed by atoms with Gasteiger partial charge >= 0.3 is 0 Å². The predicted octanol–water partition coefficient (Wildman–Crippen LogP) is 4.54. The van der Waals surface area contributed by atoms with Crippen LogP contribution in [0.5, 0.6) is 11.5 Å². The van der Waals surface area contributed by atoms with E-state index in [0.29, 0.717) is 17.9 Å². The van der Waals surface area contributed by atoms with Crippen LogP contribution in [-0.4, -0.2) is 0 Å². The van der Waals surface area contributed by atoms with Crippen LogP contribution in [-0.2, 0) is 6.61 Å². The molecule has 24 heavy (non-hydrogen) atoms. The minimum Gasteiger partial charge on any atom is -0.489 e. The summed E-state index contributed by atoms with van der Waals surface area (Å²) in [5.41, 5.74) is 5.24. The first-order chi connectivity index (χ1) is 11.8. The van der Waals surface area contributed by atoms with Gasteiger partial charge in [0.05, 0.1) is 17.3 Å². The van der Waals surface area contributed by atoms with Gasteiger partial charge in [-0.05, 0) is 48.0 Å². The molecule has 0 saturated heterocycles. The number of nitrogens with zero attached hydrogens (tertiary/aromatic N) is 1. The Kier molecular flexibility index (Phi) is 4.96. The Morgan fingerprint density at radius 1 is 0.833 bits per heavy atom. The molecular weight excluding hydrogens is 300 g/mol. The number of rotatable bonds is 6. The van der Waals surface area contributed by atoms with Crippen molar-refractivity contribution in [3.8, 4) is 17.6 Å². The average molecular weight is 316 g/mol. The van der Waals surface area contributed by atoms with Crippen LogP contribution in [0.25, 0.3) is 0 Å². The van der Waals surface area contributed by atoms with Crippen molar-refractivity contribution < 1.29 is 9.57 Å². The fraction of sp³-hybridized carbons (Fsp3) is 0.0500. The van der Waals surface area contributed by atoms with Crippen LogP contribution in [0.4, 0.5) is 5.69 Å². The highest BCUT2D eigenvalue weighted by atomic mass is 16.6. The van der Waals surface area contributed by atoms with Gasteiger partial charge in [0, 0.05) is 0 Å². The summed E-state index contributed by atoms with van der Waals surface area (Å²) in [5.74, 6) is 1.43. The third-order valence-corrected chi connectivity index (χ3v) is 3.35. The largest absolute Gasteiger partial charge is 0.489 e. The Morgan fingerprint density at radius 2 is 1.58 bits per heavy atom. The van der Waals surface area contributed by atoms with Gasteiger partial charge in [0.2, 0.25) is 0 Å². The summed E-state index contributed by atoms with van der Waals surface area (Å²) in [6.45, 7) is 0.528. The van der Waals surface area contributed by atoms with Crippen molar-refractivity contribution in [1.82, 2.24) is 0 Å². The van der Waals surface area contributed by atoms with Gasteiger partial charge in [-0.15, -0.1) is 0 Å². The predicted molar refractivity (Wildman–Crippen MR) is 92.6 cm³/mol. The van der Waals surface area contributed by atoms with Crippen LogP contribution >= 0.6 is 0 Å². The SMILES string of the molecule is N#Cc1cccc(NOc2ccc(OCc3ccccc3)cc2)c1. The van der Waals surface area contributed by atoms with E-state index in [-0.39, 0.29) is 0 Å². The number of nitriles is 1. The molecule has 0 amide bonds. The molecular formula is C20H16N2O2. The Hall–Kier alpha value is -3.45. The highest BCUT2D eigenvalue weighted by Crippen LogP contribution is 2.19. The van der Waals surface area contributed by atoms with Crippen molar-refractivity contribution in [2.24, 2.45) is 0 Å². The Morgan fingerprint density at radius 3 is 2.33 bits per heavy atom. The molecule has 0 aliphatic carbocycles. The number of ether oxygens (including phenoxy) is 1. The Labute approximate surface area is 140 Å². The molecule has 1 N–H and O–H groups in total. The normalized spacial score (nSPS) is 9.79. The summed E-state index contributed by atoms with van der Waals surface area (Å²) in [6, 6.07) is 26.5. The van der Waals surface area contributed by atoms with Crippen molar-refractivity contribution in [1.29, 1.82) is 5.26 Å². The number of anilines is 1. The fourth-order valence-electron chi connectivity index (χ4n) is 2.11. The molecule has 3 aromatic rings. The summed E-state index contributed by atoms with van der Waals surface area (Å²) in [5, 5.41) is 8.88. The van der Waals surface area contributed by atoms with Gasteiger partial charge in [-0.2, -0.15) is 5.26 Å². The molecule has 0 spiro atoms. The monoisotopic (exact) mass is 316 g/mol. The van der Waals surface area contributed by atoms with Crippen LogP contribution in [0, 0.1) is 11.3 Å². The zero-order valence-corrected chi connectivity index (χ0v) is 13.0. The van der Waals surface area contributed by atoms with E-state index in [4.69, 9.17) is 14.8 Å². The van der Waals surface area contributed by atoms with Crippen LogP contribution < -0.4 is 15.1 Å². The first-order valence-corrected chi connectivity index (χ1v) is 7.53. The number of nitrogens with one attached hydrogen (secondary N) is 1. The molecule has 4 nitrogen and oxygen atoms in total. The van der Waals surface area contributed by atoms with Crippen molar-refractivity contribution in [2.75, 3.05) is 5.48 Å². The minimum atomic E-state index is 0.528. The first-order valence-electron chi connectivity index (χ1n) is 7.53. The second-order valence-corrected chi connectivity index (χ2v) is 5.14. The molecule has 0 atom stereocenters. The molecule has 0 bridgehead atoms. The maximum absolute atomic E-state index is 8.88. The van der Waals surface area contributed by atoms with E-state index in [1.807, 2.05) is 60.7 Å². The molecule has 3 aromatic carbocycles. The van der Waals surface area contributed by atoms with Gasteiger partial charge < -0.3 is 9.57 Å². The standard InChI is InChI=1S/C20H16N2O2/c21-14-17-7-4-8-18(13-17)22-24-20-11-9-19(10-12-20)23-15-16-5-2-1-3-6-16/h1-13,22H,15H2. The lowest BCUT2D eigenvalue weighted by Gasteiger charge is -2.10. The highest BCUT2D eigenvalue weighted by molar-refractivity contribution is 5.48. The van der Waals surface area contributed by atoms with E-state index in [2.05, 4.69) is 11.5 Å². The second-order valence-electron chi connectivity index (χ2n) is 5.14. The van der Waals surface area contributed by atoms with Gasteiger partial charge in [-0.1, -0.05) is 36.4 Å². The second kappa shape index (κ2) is 7.70. The van der Waals surface area contributed by atoms with Crippen LogP contribution in [0.3, 0.4) is 0 Å². The Balaban J connectivity index is 1.53. The lowest BCUT2D eigenvalue weighted by molar-refractivity contribution is 0.305. The third kappa shape index (κ3) is 4.28. The van der Waals surface area contributed by atoms with E-state index >= 15 is 0 Å². The molecule has 0 aliphatic heterocycles. The van der Waals surface area contributed by atoms with Crippen LogP contribution in [0.15, 0.2) is 78.9 Å². The Bertz CT molecular complexity index is 824. The van der Waals surface area contributed by atoms with Gasteiger partial charge in [0.25, 0.3) is 0 Å². The van der Waals surface area contributed by atoms with E-state index in [1.54, 1.807) is 18.2 Å². The topological polar surface area (TPSA) is 54.3 Å². The van der Waals surface area contributed by atoms with E-state index < -0.39 is 0 Å². The molecule has 0 fully saturated rings. The van der Waals surface area contributed by atoms with Gasteiger partial charge in [0.15, 0.2) is 5.75 Å². The minimum absolute atomic E-state index is 0.528. The quantitative estimate of drug-likeness (QED) is 0.678. The third-order valence-electron chi connectivity index (χ3n) is 3.35. The number of hydrogen-bond donors (Lipinski definition) is 1. The maximum atomic E-state index is 8.88. The lowest BCUT2D eigenvalue weighted by Crippen LogP contribution is -2.04. The molecule has 0 aromatic heterocycles. The summed E-state index contributed by atoms with van der Waals surface area (Å²) >= 11 is 0. The summed E-state index contributed by atoms with van der Waals surface area (Å²) in [4.78, 5) is 5.49. The van der Waals surface area contributed by atoms with Crippen molar-refractivity contribution in [2.45, 2.75) is 6.61 Å². The summed E-state index contributed by atoms with van der Waals surface area (Å²) < 4.78 is 5.73. The lowest BCUT2D eigenvalue weighted by atomic mass is 10.2. The van der Waals surface area contributed by atoms with E-state index in [1.165, 1.54) is 0 Å². The highest BCUT2D eigenvalue weighted by Gasteiger charge is 1.99. The zero-order chi connectivity index (χ0) is 16.6. The average Bonchev–Trinajstić information content (AvgIpc) is 2.66. The van der Waals surface area contributed by atoms with Crippen LogP contribution in [0.2, 0.25) is 0 Å². The van der Waals surface area contributed by atoms with Gasteiger partial charge in [0.1, 0.15) is 12.4 Å². The van der Waals surface area contributed by atoms with Gasteiger partial charge in [-0.3, -0.25) is 0 Å². The summed E-state index contributed by atoms with van der Waals surface area (Å²) in [7, 11) is 0. The molecule has 0 aliphatic rings. The van der Waals surface area contributed by atoms with Crippen molar-refractivity contribution >= 4 is 5.69 Å². The molecule has 0 heterocycles.